The van der Waals surface area contributed by atoms with E-state index in [2.05, 4.69) is 10.6 Å². The van der Waals surface area contributed by atoms with E-state index in [0.29, 0.717) is 26.0 Å². The molecule has 1 aliphatic heterocycles. The normalized spacial score (nSPS) is 21.7. The first kappa shape index (κ1) is 15.9. The highest BCUT2D eigenvalue weighted by Crippen LogP contribution is 2.47. The molecule has 7 heteroatoms. The number of amides is 2. The number of para-hydroxylation sites is 1. The summed E-state index contributed by atoms with van der Waals surface area (Å²) in [5, 5.41) is 4.92. The summed E-state index contributed by atoms with van der Waals surface area (Å²) >= 11 is 0. The van der Waals surface area contributed by atoms with Gasteiger partial charge in [-0.05, 0) is 37.8 Å². The van der Waals surface area contributed by atoms with Crippen molar-refractivity contribution in [2.24, 2.45) is 5.41 Å². The Kier molecular flexibility index (Phi) is 4.30. The van der Waals surface area contributed by atoms with E-state index in [1.807, 2.05) is 0 Å². The predicted octanol–water partition coefficient (Wildman–Crippen LogP) is 1.98. The van der Waals surface area contributed by atoms with E-state index in [4.69, 9.17) is 4.74 Å². The number of nitrogens with one attached hydrogen (secondary N) is 2. The van der Waals surface area contributed by atoms with Crippen LogP contribution in [0.1, 0.15) is 25.7 Å². The summed E-state index contributed by atoms with van der Waals surface area (Å²) in [5.74, 6) is -2.82. The van der Waals surface area contributed by atoms with Gasteiger partial charge in [-0.3, -0.25) is 9.59 Å². The van der Waals surface area contributed by atoms with Crippen LogP contribution in [0.3, 0.4) is 0 Å². The number of halogens is 2. The molecule has 1 unspecified atom stereocenters. The van der Waals surface area contributed by atoms with Gasteiger partial charge >= 0.3 is 0 Å². The number of benzene rings is 1. The SMILES string of the molecule is O=C(NCC1CCCO1)C1(C(=O)Nc2c(F)cccc2F)CC1. The van der Waals surface area contributed by atoms with Crippen LogP contribution >= 0.6 is 0 Å². The van der Waals surface area contributed by atoms with E-state index in [1.54, 1.807) is 0 Å². The summed E-state index contributed by atoms with van der Waals surface area (Å²) in [7, 11) is 0. The summed E-state index contributed by atoms with van der Waals surface area (Å²) in [4.78, 5) is 24.6. The molecule has 5 nitrogen and oxygen atoms in total. The molecule has 0 bridgehead atoms. The second-order valence-electron chi connectivity index (χ2n) is 5.98. The minimum absolute atomic E-state index is 0.0261. The molecule has 124 valence electrons. The van der Waals surface area contributed by atoms with Crippen molar-refractivity contribution in [1.82, 2.24) is 5.32 Å². The Labute approximate surface area is 132 Å². The number of rotatable bonds is 5. The van der Waals surface area contributed by atoms with Crippen molar-refractivity contribution in [3.63, 3.8) is 0 Å². The standard InChI is InChI=1S/C16H18F2N2O3/c17-11-4-1-5-12(18)13(11)20-15(22)16(6-7-16)14(21)19-9-10-3-2-8-23-10/h1,4-5,10H,2-3,6-9H2,(H,19,21)(H,20,22). The van der Waals surface area contributed by atoms with Gasteiger partial charge < -0.3 is 15.4 Å². The smallest absolute Gasteiger partial charge is 0.240 e. The molecular formula is C16H18F2N2O3. The maximum atomic E-state index is 13.6. The predicted molar refractivity (Wildman–Crippen MR) is 78.6 cm³/mol. The number of carbonyl (C=O) groups excluding carboxylic acids is 2. The zero-order chi connectivity index (χ0) is 16.4. The van der Waals surface area contributed by atoms with Gasteiger partial charge in [0.2, 0.25) is 11.8 Å². The van der Waals surface area contributed by atoms with Crippen molar-refractivity contribution in [1.29, 1.82) is 0 Å². The lowest BCUT2D eigenvalue weighted by Crippen LogP contribution is -2.42. The molecule has 1 aromatic rings. The third-order valence-electron chi connectivity index (χ3n) is 4.33. The molecule has 0 aromatic heterocycles. The monoisotopic (exact) mass is 324 g/mol. The van der Waals surface area contributed by atoms with Crippen LogP contribution in [0.5, 0.6) is 0 Å². The van der Waals surface area contributed by atoms with Gasteiger partial charge in [0.1, 0.15) is 22.7 Å². The van der Waals surface area contributed by atoms with Gasteiger partial charge in [-0.1, -0.05) is 6.07 Å². The molecule has 0 radical (unpaired) electrons. The molecule has 1 aromatic carbocycles. The minimum atomic E-state index is -1.23. The van der Waals surface area contributed by atoms with Crippen LogP contribution in [0.25, 0.3) is 0 Å². The third kappa shape index (κ3) is 3.19. The molecular weight excluding hydrogens is 306 g/mol. The number of hydrogen-bond donors (Lipinski definition) is 2. The van der Waals surface area contributed by atoms with Crippen molar-refractivity contribution in [3.8, 4) is 0 Å². The van der Waals surface area contributed by atoms with Gasteiger partial charge in [-0.25, -0.2) is 8.78 Å². The Morgan fingerprint density at radius 1 is 1.22 bits per heavy atom. The Morgan fingerprint density at radius 3 is 2.48 bits per heavy atom. The van der Waals surface area contributed by atoms with Gasteiger partial charge in [-0.15, -0.1) is 0 Å². The van der Waals surface area contributed by atoms with Crippen LogP contribution in [0.15, 0.2) is 18.2 Å². The topological polar surface area (TPSA) is 67.4 Å². The van der Waals surface area contributed by atoms with Crippen LogP contribution in [0.4, 0.5) is 14.5 Å². The molecule has 23 heavy (non-hydrogen) atoms. The second-order valence-corrected chi connectivity index (χ2v) is 5.98. The van der Waals surface area contributed by atoms with Crippen LogP contribution in [-0.2, 0) is 14.3 Å². The molecule has 1 aliphatic carbocycles. The Balaban J connectivity index is 1.62. The highest BCUT2D eigenvalue weighted by Gasteiger charge is 2.56. The number of ether oxygens (including phenoxy) is 1. The third-order valence-corrected chi connectivity index (χ3v) is 4.33. The van der Waals surface area contributed by atoms with E-state index in [1.165, 1.54) is 6.07 Å². The van der Waals surface area contributed by atoms with E-state index in [9.17, 15) is 18.4 Å². The van der Waals surface area contributed by atoms with Crippen molar-refractivity contribution >= 4 is 17.5 Å². The lowest BCUT2D eigenvalue weighted by molar-refractivity contribution is -0.134. The Morgan fingerprint density at radius 2 is 1.91 bits per heavy atom. The first-order valence-electron chi connectivity index (χ1n) is 7.68. The molecule has 1 heterocycles. The van der Waals surface area contributed by atoms with E-state index in [0.717, 1.165) is 25.0 Å². The molecule has 1 saturated carbocycles. The Bertz CT molecular complexity index is 606. The fourth-order valence-corrected chi connectivity index (χ4v) is 2.71. The molecule has 1 saturated heterocycles. The lowest BCUT2D eigenvalue weighted by Gasteiger charge is -2.17. The molecule has 2 aliphatic rings. The van der Waals surface area contributed by atoms with Crippen molar-refractivity contribution in [2.75, 3.05) is 18.5 Å². The van der Waals surface area contributed by atoms with Gasteiger partial charge in [0.25, 0.3) is 0 Å². The summed E-state index contributed by atoms with van der Waals surface area (Å²) in [6.07, 6.45) is 2.54. The fourth-order valence-electron chi connectivity index (χ4n) is 2.71. The average molecular weight is 324 g/mol. The maximum absolute atomic E-state index is 13.6. The molecule has 3 rings (SSSR count). The summed E-state index contributed by atoms with van der Waals surface area (Å²) < 4.78 is 32.6. The highest BCUT2D eigenvalue weighted by molar-refractivity contribution is 6.13. The number of anilines is 1. The molecule has 2 amide bonds. The fraction of sp³-hybridized carbons (Fsp3) is 0.500. The maximum Gasteiger partial charge on any atom is 0.240 e. The van der Waals surface area contributed by atoms with Crippen molar-refractivity contribution < 1.29 is 23.1 Å². The highest BCUT2D eigenvalue weighted by atomic mass is 19.1. The molecule has 2 N–H and O–H groups in total. The van der Waals surface area contributed by atoms with E-state index >= 15 is 0 Å². The van der Waals surface area contributed by atoms with Crippen LogP contribution in [-0.4, -0.2) is 31.1 Å². The van der Waals surface area contributed by atoms with Crippen LogP contribution in [0, 0.1) is 17.0 Å². The van der Waals surface area contributed by atoms with E-state index in [-0.39, 0.29) is 6.10 Å². The van der Waals surface area contributed by atoms with E-state index < -0.39 is 34.6 Å². The van der Waals surface area contributed by atoms with Crippen LogP contribution < -0.4 is 10.6 Å². The van der Waals surface area contributed by atoms with Crippen LogP contribution in [0.2, 0.25) is 0 Å². The van der Waals surface area contributed by atoms with Gasteiger partial charge in [0, 0.05) is 13.2 Å². The van der Waals surface area contributed by atoms with Gasteiger partial charge in [0.05, 0.1) is 6.10 Å². The molecule has 0 spiro atoms. The summed E-state index contributed by atoms with van der Waals surface area (Å²) in [6.45, 7) is 1.03. The molecule has 1 atom stereocenters. The molecule has 2 fully saturated rings. The van der Waals surface area contributed by atoms with Crippen molar-refractivity contribution in [2.45, 2.75) is 31.8 Å². The van der Waals surface area contributed by atoms with Crippen molar-refractivity contribution in [3.05, 3.63) is 29.8 Å². The first-order chi connectivity index (χ1) is 11.0. The first-order valence-corrected chi connectivity index (χ1v) is 7.68. The minimum Gasteiger partial charge on any atom is -0.376 e. The number of hydrogen-bond acceptors (Lipinski definition) is 3. The largest absolute Gasteiger partial charge is 0.376 e. The summed E-state index contributed by atoms with van der Waals surface area (Å²) in [5.41, 5.74) is -1.75. The van der Waals surface area contributed by atoms with Gasteiger partial charge in [-0.2, -0.15) is 0 Å². The van der Waals surface area contributed by atoms with Gasteiger partial charge in [0.15, 0.2) is 0 Å². The average Bonchev–Trinajstić information content (AvgIpc) is 3.18. The quantitative estimate of drug-likeness (QED) is 0.814. The lowest BCUT2D eigenvalue weighted by atomic mass is 10.0. The summed E-state index contributed by atoms with van der Waals surface area (Å²) in [6, 6.07) is 3.31. The zero-order valence-electron chi connectivity index (χ0n) is 12.5. The Hall–Kier alpha value is -2.02. The zero-order valence-corrected chi connectivity index (χ0v) is 12.5. The second kappa shape index (κ2) is 6.23. The number of carbonyl (C=O) groups is 2.